The Labute approximate surface area is 86.1 Å². The van der Waals surface area contributed by atoms with Crippen LogP contribution in [0.5, 0.6) is 0 Å². The van der Waals surface area contributed by atoms with E-state index in [0.29, 0.717) is 0 Å². The highest BCUT2D eigenvalue weighted by molar-refractivity contribution is 5.32. The van der Waals surface area contributed by atoms with Crippen molar-refractivity contribution in [2.75, 3.05) is 0 Å². The van der Waals surface area contributed by atoms with Gasteiger partial charge in [-0.3, -0.25) is 0 Å². The van der Waals surface area contributed by atoms with Gasteiger partial charge in [-0.1, -0.05) is 37.3 Å². The molecule has 0 bridgehead atoms. The Morgan fingerprint density at radius 2 is 2.07 bits per heavy atom. The first-order valence-corrected chi connectivity index (χ1v) is 5.06. The average molecular weight is 190 g/mol. The maximum atomic E-state index is 9.82. The molecule has 0 aliphatic carbocycles. The van der Waals surface area contributed by atoms with Crippen molar-refractivity contribution in [2.45, 2.75) is 32.3 Å². The molecule has 0 aromatic heterocycles. The predicted octanol–water partition coefficient (Wildman–Crippen LogP) is 3.04. The zero-order valence-corrected chi connectivity index (χ0v) is 8.90. The van der Waals surface area contributed by atoms with Gasteiger partial charge in [-0.25, -0.2) is 0 Å². The second-order valence-corrected chi connectivity index (χ2v) is 3.59. The highest BCUT2D eigenvalue weighted by Gasteiger charge is 2.17. The van der Waals surface area contributed by atoms with Crippen molar-refractivity contribution in [3.05, 3.63) is 48.0 Å². The molecule has 1 nitrogen and oxygen atoms in total. The Morgan fingerprint density at radius 3 is 2.57 bits per heavy atom. The summed E-state index contributed by atoms with van der Waals surface area (Å²) in [6.07, 6.45) is 2.26. The van der Waals surface area contributed by atoms with Crippen molar-refractivity contribution < 1.29 is 5.11 Å². The third-order valence-corrected chi connectivity index (χ3v) is 2.63. The SMILES string of the molecule is C=C[C@@H](c1ccccc1C)[C@@H](O)CC. The van der Waals surface area contributed by atoms with Crippen LogP contribution >= 0.6 is 0 Å². The second kappa shape index (κ2) is 4.97. The largest absolute Gasteiger partial charge is 0.392 e. The third kappa shape index (κ3) is 2.24. The van der Waals surface area contributed by atoms with Crippen molar-refractivity contribution in [1.29, 1.82) is 0 Å². The summed E-state index contributed by atoms with van der Waals surface area (Å²) in [7, 11) is 0. The molecular weight excluding hydrogens is 172 g/mol. The molecule has 2 atom stereocenters. The average Bonchev–Trinajstić information content (AvgIpc) is 2.21. The lowest BCUT2D eigenvalue weighted by molar-refractivity contribution is 0.155. The molecule has 0 aliphatic heterocycles. The monoisotopic (exact) mass is 190 g/mol. The lowest BCUT2D eigenvalue weighted by atomic mass is 9.89. The Kier molecular flexibility index (Phi) is 3.90. The number of rotatable bonds is 4. The third-order valence-electron chi connectivity index (χ3n) is 2.63. The molecule has 14 heavy (non-hydrogen) atoms. The molecule has 1 N–H and O–H groups in total. The summed E-state index contributed by atoms with van der Waals surface area (Å²) < 4.78 is 0. The molecule has 0 radical (unpaired) electrons. The molecule has 0 spiro atoms. The fourth-order valence-electron chi connectivity index (χ4n) is 1.71. The molecule has 0 aliphatic rings. The maximum absolute atomic E-state index is 9.82. The molecule has 76 valence electrons. The maximum Gasteiger partial charge on any atom is 0.0640 e. The van der Waals surface area contributed by atoms with E-state index >= 15 is 0 Å². The van der Waals surface area contributed by atoms with E-state index in [2.05, 4.69) is 25.6 Å². The molecule has 1 aromatic rings. The number of hydrogen-bond acceptors (Lipinski definition) is 1. The van der Waals surface area contributed by atoms with Crippen LogP contribution in [0.2, 0.25) is 0 Å². The standard InChI is InChI=1S/C13H18O/c1-4-11(13(14)5-2)12-9-7-6-8-10(12)3/h4,6-9,11,13-14H,1,5H2,2-3H3/t11-,13-/m0/s1. The first-order chi connectivity index (χ1) is 6.70. The molecule has 0 saturated carbocycles. The van der Waals surface area contributed by atoms with Gasteiger partial charge in [0.25, 0.3) is 0 Å². The van der Waals surface area contributed by atoms with Crippen LogP contribution in [0, 0.1) is 6.92 Å². The summed E-state index contributed by atoms with van der Waals surface area (Å²) in [6, 6.07) is 8.13. The molecule has 1 heteroatoms. The van der Waals surface area contributed by atoms with E-state index in [1.807, 2.05) is 25.1 Å². The normalized spacial score (nSPS) is 14.8. The van der Waals surface area contributed by atoms with E-state index in [-0.39, 0.29) is 12.0 Å². The zero-order chi connectivity index (χ0) is 10.6. The Balaban J connectivity index is 3.00. The topological polar surface area (TPSA) is 20.2 Å². The van der Waals surface area contributed by atoms with Gasteiger partial charge < -0.3 is 5.11 Å². The first kappa shape index (κ1) is 11.0. The summed E-state index contributed by atoms with van der Waals surface area (Å²) in [6.45, 7) is 7.84. The smallest absolute Gasteiger partial charge is 0.0640 e. The van der Waals surface area contributed by atoms with Crippen LogP contribution in [0.4, 0.5) is 0 Å². The number of hydrogen-bond donors (Lipinski definition) is 1. The second-order valence-electron chi connectivity index (χ2n) is 3.59. The molecule has 0 amide bonds. The highest BCUT2D eigenvalue weighted by atomic mass is 16.3. The molecule has 0 saturated heterocycles. The van der Waals surface area contributed by atoms with Gasteiger partial charge in [-0.2, -0.15) is 0 Å². The van der Waals surface area contributed by atoms with E-state index in [1.54, 1.807) is 0 Å². The molecule has 0 heterocycles. The van der Waals surface area contributed by atoms with Gasteiger partial charge in [0.1, 0.15) is 0 Å². The van der Waals surface area contributed by atoms with E-state index in [4.69, 9.17) is 0 Å². The summed E-state index contributed by atoms with van der Waals surface area (Å²) in [5.74, 6) is 0.0567. The number of aliphatic hydroxyl groups excluding tert-OH is 1. The predicted molar refractivity (Wildman–Crippen MR) is 60.4 cm³/mol. The van der Waals surface area contributed by atoms with Crippen LogP contribution in [0.15, 0.2) is 36.9 Å². The molecule has 1 aromatic carbocycles. The Hall–Kier alpha value is -1.08. The Bertz CT molecular complexity index is 304. The highest BCUT2D eigenvalue weighted by Crippen LogP contribution is 2.25. The Morgan fingerprint density at radius 1 is 1.43 bits per heavy atom. The number of benzene rings is 1. The number of aliphatic hydroxyl groups is 1. The van der Waals surface area contributed by atoms with Gasteiger partial charge >= 0.3 is 0 Å². The number of aryl methyl sites for hydroxylation is 1. The fraction of sp³-hybridized carbons (Fsp3) is 0.385. The minimum Gasteiger partial charge on any atom is -0.392 e. The van der Waals surface area contributed by atoms with Crippen LogP contribution in [-0.2, 0) is 0 Å². The van der Waals surface area contributed by atoms with Gasteiger partial charge in [0, 0.05) is 5.92 Å². The first-order valence-electron chi connectivity index (χ1n) is 5.06. The summed E-state index contributed by atoms with van der Waals surface area (Å²) >= 11 is 0. The molecule has 1 rings (SSSR count). The fourth-order valence-corrected chi connectivity index (χ4v) is 1.71. The van der Waals surface area contributed by atoms with Crippen LogP contribution in [0.3, 0.4) is 0 Å². The van der Waals surface area contributed by atoms with Crippen molar-refractivity contribution in [3.63, 3.8) is 0 Å². The van der Waals surface area contributed by atoms with Gasteiger partial charge in [0.2, 0.25) is 0 Å². The van der Waals surface area contributed by atoms with Crippen LogP contribution in [0.1, 0.15) is 30.4 Å². The lowest BCUT2D eigenvalue weighted by Crippen LogP contribution is -2.16. The van der Waals surface area contributed by atoms with Gasteiger partial charge in [-0.15, -0.1) is 6.58 Å². The minimum absolute atomic E-state index is 0.0567. The van der Waals surface area contributed by atoms with Crippen LogP contribution in [0.25, 0.3) is 0 Å². The summed E-state index contributed by atoms with van der Waals surface area (Å²) in [5, 5.41) is 9.82. The van der Waals surface area contributed by atoms with E-state index < -0.39 is 0 Å². The lowest BCUT2D eigenvalue weighted by Gasteiger charge is -2.20. The quantitative estimate of drug-likeness (QED) is 0.723. The van der Waals surface area contributed by atoms with E-state index in [1.165, 1.54) is 11.1 Å². The van der Waals surface area contributed by atoms with Crippen LogP contribution in [-0.4, -0.2) is 11.2 Å². The summed E-state index contributed by atoms with van der Waals surface area (Å²) in [4.78, 5) is 0. The van der Waals surface area contributed by atoms with Crippen molar-refractivity contribution in [1.82, 2.24) is 0 Å². The van der Waals surface area contributed by atoms with Gasteiger partial charge in [0.05, 0.1) is 6.10 Å². The molecule has 0 unspecified atom stereocenters. The van der Waals surface area contributed by atoms with Crippen molar-refractivity contribution in [2.24, 2.45) is 0 Å². The summed E-state index contributed by atoms with van der Waals surface area (Å²) in [5.41, 5.74) is 2.39. The van der Waals surface area contributed by atoms with Gasteiger partial charge in [-0.05, 0) is 24.5 Å². The van der Waals surface area contributed by atoms with E-state index in [9.17, 15) is 5.11 Å². The zero-order valence-electron chi connectivity index (χ0n) is 8.90. The van der Waals surface area contributed by atoms with Crippen LogP contribution < -0.4 is 0 Å². The minimum atomic E-state index is -0.325. The molecular formula is C13H18O. The van der Waals surface area contributed by atoms with Crippen molar-refractivity contribution in [3.8, 4) is 0 Å². The molecule has 0 fully saturated rings. The van der Waals surface area contributed by atoms with E-state index in [0.717, 1.165) is 6.42 Å². The van der Waals surface area contributed by atoms with Crippen molar-refractivity contribution >= 4 is 0 Å². The van der Waals surface area contributed by atoms with Gasteiger partial charge in [0.15, 0.2) is 0 Å².